The fourth-order valence-corrected chi connectivity index (χ4v) is 3.03. The summed E-state index contributed by atoms with van der Waals surface area (Å²) in [6.07, 6.45) is 0. The molecule has 0 radical (unpaired) electrons. The molecular weight excluding hydrogens is 344 g/mol. The second-order valence-electron chi connectivity index (χ2n) is 5.37. The van der Waals surface area contributed by atoms with Crippen molar-refractivity contribution < 1.29 is 9.47 Å². The summed E-state index contributed by atoms with van der Waals surface area (Å²) in [5, 5.41) is 0.804. The van der Waals surface area contributed by atoms with Gasteiger partial charge in [-0.15, -0.1) is 0 Å². The first kappa shape index (κ1) is 17.1. The summed E-state index contributed by atoms with van der Waals surface area (Å²) >= 11 is 6.02. The summed E-state index contributed by atoms with van der Waals surface area (Å²) in [5.74, 6) is 0.877. The van der Waals surface area contributed by atoms with Crippen LogP contribution in [0.25, 0.3) is 16.6 Å². The zero-order chi connectivity index (χ0) is 18.1. The molecule has 0 amide bonds. The van der Waals surface area contributed by atoms with Crippen LogP contribution in [0.2, 0.25) is 5.02 Å². The number of hydrogen-bond donors (Lipinski definition) is 0. The molecule has 0 N–H and O–H groups in total. The van der Waals surface area contributed by atoms with E-state index in [1.807, 2.05) is 6.92 Å². The van der Waals surface area contributed by atoms with Gasteiger partial charge in [0.05, 0.1) is 30.8 Å². The van der Waals surface area contributed by atoms with Gasteiger partial charge in [0.15, 0.2) is 11.5 Å². The smallest absolute Gasteiger partial charge is 0.336 e. The molecule has 0 fully saturated rings. The molecule has 0 bridgehead atoms. The molecule has 0 unspecified atom stereocenters. The molecule has 2 aromatic carbocycles. The molecule has 0 saturated carbocycles. The molecule has 0 aliphatic heterocycles. The molecule has 0 aliphatic carbocycles. The zero-order valence-electron chi connectivity index (χ0n) is 14.1. The maximum absolute atomic E-state index is 13.0. The van der Waals surface area contributed by atoms with Crippen molar-refractivity contribution in [3.63, 3.8) is 0 Å². The number of aromatic nitrogens is 2. The van der Waals surface area contributed by atoms with Crippen molar-refractivity contribution in [2.45, 2.75) is 13.5 Å². The minimum atomic E-state index is -0.437. The summed E-state index contributed by atoms with van der Waals surface area (Å²) in [7, 11) is 3.00. The van der Waals surface area contributed by atoms with Gasteiger partial charge in [0.2, 0.25) is 0 Å². The number of rotatable bonds is 4. The average molecular weight is 361 g/mol. The van der Waals surface area contributed by atoms with Crippen LogP contribution >= 0.6 is 11.6 Å². The highest BCUT2D eigenvalue weighted by Crippen LogP contribution is 2.30. The van der Waals surface area contributed by atoms with Crippen LogP contribution in [0.3, 0.4) is 0 Å². The SMILES string of the molecule is CCn1c(=O)n(-c2cccc(Cl)c2)c(=O)c2cc(OC)c(OC)cc21. The number of fused-ring (bicyclic) bond motifs is 1. The molecule has 3 rings (SSSR count). The highest BCUT2D eigenvalue weighted by molar-refractivity contribution is 6.30. The first-order chi connectivity index (χ1) is 12.0. The third-order valence-corrected chi connectivity index (χ3v) is 4.27. The lowest BCUT2D eigenvalue weighted by molar-refractivity contribution is 0.355. The molecule has 0 aliphatic rings. The first-order valence-corrected chi connectivity index (χ1v) is 8.07. The maximum Gasteiger partial charge on any atom is 0.336 e. The fraction of sp³-hybridized carbons (Fsp3) is 0.222. The average Bonchev–Trinajstić information content (AvgIpc) is 2.61. The van der Waals surface area contributed by atoms with Crippen molar-refractivity contribution in [1.29, 1.82) is 0 Å². The van der Waals surface area contributed by atoms with Crippen molar-refractivity contribution >= 4 is 22.5 Å². The minimum Gasteiger partial charge on any atom is -0.493 e. The van der Waals surface area contributed by atoms with Gasteiger partial charge in [0.25, 0.3) is 5.56 Å². The van der Waals surface area contributed by atoms with Crippen LogP contribution < -0.4 is 20.7 Å². The Bertz CT molecular complexity index is 1070. The van der Waals surface area contributed by atoms with Gasteiger partial charge < -0.3 is 9.47 Å². The monoisotopic (exact) mass is 360 g/mol. The molecule has 0 atom stereocenters. The van der Waals surface area contributed by atoms with Crippen LogP contribution in [-0.2, 0) is 6.54 Å². The van der Waals surface area contributed by atoms with Gasteiger partial charge in [0.1, 0.15) is 0 Å². The number of ether oxygens (including phenoxy) is 2. The predicted molar refractivity (Wildman–Crippen MR) is 97.6 cm³/mol. The van der Waals surface area contributed by atoms with E-state index >= 15 is 0 Å². The van der Waals surface area contributed by atoms with E-state index in [4.69, 9.17) is 21.1 Å². The van der Waals surface area contributed by atoms with Crippen LogP contribution in [0.5, 0.6) is 11.5 Å². The van der Waals surface area contributed by atoms with Gasteiger partial charge in [-0.2, -0.15) is 0 Å². The molecule has 0 spiro atoms. The van der Waals surface area contributed by atoms with Crippen molar-refractivity contribution in [1.82, 2.24) is 9.13 Å². The Morgan fingerprint density at radius 1 is 1.04 bits per heavy atom. The summed E-state index contributed by atoms with van der Waals surface area (Å²) in [6, 6.07) is 9.85. The Balaban J connectivity index is 2.48. The minimum absolute atomic E-state index is 0.360. The van der Waals surface area contributed by atoms with Crippen LogP contribution in [-0.4, -0.2) is 23.4 Å². The van der Waals surface area contributed by atoms with E-state index in [9.17, 15) is 9.59 Å². The summed E-state index contributed by atoms with van der Waals surface area (Å²) in [5.41, 5.74) is 0.0391. The molecule has 1 heterocycles. The summed E-state index contributed by atoms with van der Waals surface area (Å²) in [4.78, 5) is 25.9. The predicted octanol–water partition coefficient (Wildman–Crippen LogP) is 2.84. The Morgan fingerprint density at radius 3 is 2.32 bits per heavy atom. The summed E-state index contributed by atoms with van der Waals surface area (Å²) < 4.78 is 13.2. The maximum atomic E-state index is 13.0. The van der Waals surface area contributed by atoms with Gasteiger partial charge in [-0.05, 0) is 31.2 Å². The fourth-order valence-electron chi connectivity index (χ4n) is 2.84. The van der Waals surface area contributed by atoms with Crippen molar-refractivity contribution in [3.05, 3.63) is 62.3 Å². The molecule has 3 aromatic rings. The first-order valence-electron chi connectivity index (χ1n) is 7.69. The van der Waals surface area contributed by atoms with E-state index in [-0.39, 0.29) is 0 Å². The van der Waals surface area contributed by atoms with E-state index in [0.29, 0.717) is 39.7 Å². The van der Waals surface area contributed by atoms with Crippen LogP contribution in [0.1, 0.15) is 6.92 Å². The van der Waals surface area contributed by atoms with Gasteiger partial charge in [-0.1, -0.05) is 17.7 Å². The second kappa shape index (κ2) is 6.64. The quantitative estimate of drug-likeness (QED) is 0.717. The van der Waals surface area contributed by atoms with E-state index in [1.165, 1.54) is 18.8 Å². The van der Waals surface area contributed by atoms with Crippen LogP contribution in [0.15, 0.2) is 46.0 Å². The number of benzene rings is 2. The largest absolute Gasteiger partial charge is 0.493 e. The standard InChI is InChI=1S/C18H17ClN2O4/c1-4-20-14-10-16(25-3)15(24-2)9-13(14)17(22)21(18(20)23)12-7-5-6-11(19)8-12/h5-10H,4H2,1-3H3. The number of aryl methyl sites for hydroxylation is 1. The molecule has 6 nitrogen and oxygen atoms in total. The second-order valence-corrected chi connectivity index (χ2v) is 5.81. The highest BCUT2D eigenvalue weighted by atomic mass is 35.5. The van der Waals surface area contributed by atoms with E-state index in [1.54, 1.807) is 36.4 Å². The van der Waals surface area contributed by atoms with Gasteiger partial charge in [-0.25, -0.2) is 9.36 Å². The molecular formula is C18H17ClN2O4. The Morgan fingerprint density at radius 2 is 1.72 bits per heavy atom. The lowest BCUT2D eigenvalue weighted by Gasteiger charge is -2.15. The molecule has 25 heavy (non-hydrogen) atoms. The lowest BCUT2D eigenvalue weighted by atomic mass is 10.2. The normalized spacial score (nSPS) is 10.9. The van der Waals surface area contributed by atoms with E-state index in [0.717, 1.165) is 4.57 Å². The van der Waals surface area contributed by atoms with Crippen LogP contribution in [0, 0.1) is 0 Å². The number of nitrogens with zero attached hydrogens (tertiary/aromatic N) is 2. The highest BCUT2D eigenvalue weighted by Gasteiger charge is 2.17. The van der Waals surface area contributed by atoms with Crippen LogP contribution in [0.4, 0.5) is 0 Å². The third kappa shape index (κ3) is 2.78. The molecule has 7 heteroatoms. The zero-order valence-corrected chi connectivity index (χ0v) is 14.8. The Hall–Kier alpha value is -2.73. The molecule has 130 valence electrons. The Kier molecular flexibility index (Phi) is 4.55. The number of halogens is 1. The Labute approximate surface area is 148 Å². The van der Waals surface area contributed by atoms with E-state index < -0.39 is 11.2 Å². The molecule has 1 aromatic heterocycles. The van der Waals surface area contributed by atoms with Crippen molar-refractivity contribution in [2.24, 2.45) is 0 Å². The van der Waals surface area contributed by atoms with Gasteiger partial charge in [-0.3, -0.25) is 9.36 Å². The summed E-state index contributed by atoms with van der Waals surface area (Å²) in [6.45, 7) is 2.23. The van der Waals surface area contributed by atoms with Crippen molar-refractivity contribution in [3.8, 4) is 17.2 Å². The molecule has 0 saturated heterocycles. The number of methoxy groups -OCH3 is 2. The topological polar surface area (TPSA) is 62.5 Å². The number of hydrogen-bond acceptors (Lipinski definition) is 4. The van der Waals surface area contributed by atoms with Crippen molar-refractivity contribution in [2.75, 3.05) is 14.2 Å². The van der Waals surface area contributed by atoms with E-state index in [2.05, 4.69) is 0 Å². The lowest BCUT2D eigenvalue weighted by Crippen LogP contribution is -2.38. The van der Waals surface area contributed by atoms with Gasteiger partial charge >= 0.3 is 5.69 Å². The third-order valence-electron chi connectivity index (χ3n) is 4.03. The van der Waals surface area contributed by atoms with Gasteiger partial charge in [0, 0.05) is 17.6 Å².